The number of carbonyl (C=O) groups excluding carboxylic acids is 1. The summed E-state index contributed by atoms with van der Waals surface area (Å²) in [5, 5.41) is 9.41. The van der Waals surface area contributed by atoms with E-state index < -0.39 is 0 Å². The molecule has 0 saturated heterocycles. The summed E-state index contributed by atoms with van der Waals surface area (Å²) >= 11 is 1.52. The number of nitrogens with one attached hydrogen (secondary N) is 1. The number of aromatic nitrogens is 1. The van der Waals surface area contributed by atoms with Gasteiger partial charge in [-0.25, -0.2) is 4.68 Å². The lowest BCUT2D eigenvalue weighted by atomic mass is 10.1. The first-order valence-corrected chi connectivity index (χ1v) is 9.97. The van der Waals surface area contributed by atoms with Gasteiger partial charge in [-0.05, 0) is 35.9 Å². The maximum absolute atomic E-state index is 11.1. The Morgan fingerprint density at radius 3 is 2.62 bits per heavy atom. The minimum atomic E-state index is -0.0986. The normalized spacial score (nSPS) is 13.7. The van der Waals surface area contributed by atoms with Gasteiger partial charge in [-0.2, -0.15) is 5.10 Å². The van der Waals surface area contributed by atoms with Gasteiger partial charge in [-0.1, -0.05) is 12.1 Å². The van der Waals surface area contributed by atoms with E-state index in [0.717, 1.165) is 38.8 Å². The largest absolute Gasteiger partial charge is 0.486 e. The minimum Gasteiger partial charge on any atom is -0.486 e. The summed E-state index contributed by atoms with van der Waals surface area (Å²) in [6, 6.07) is 13.3. The lowest BCUT2D eigenvalue weighted by molar-refractivity contribution is -0.114. The fourth-order valence-corrected chi connectivity index (χ4v) is 3.75. The predicted octanol–water partition coefficient (Wildman–Crippen LogP) is 3.36. The van der Waals surface area contributed by atoms with Crippen LogP contribution in [-0.2, 0) is 4.79 Å². The molecule has 1 amide bonds. The third-order valence-corrected chi connectivity index (χ3v) is 5.18. The fraction of sp³-hybridized carbons (Fsp3) is 0.190. The second-order valence-electron chi connectivity index (χ2n) is 6.35. The SMILES string of the molecule is CN=c1scc(-c2ccc3c(c2)OCCO3)n1/N=C/c1ccc(NC(C)=O)cc1. The van der Waals surface area contributed by atoms with Crippen molar-refractivity contribution in [1.82, 2.24) is 4.68 Å². The number of fused-ring (bicyclic) bond motifs is 1. The lowest BCUT2D eigenvalue weighted by Gasteiger charge is -2.18. The average Bonchev–Trinajstić information content (AvgIpc) is 3.15. The van der Waals surface area contributed by atoms with Gasteiger partial charge in [0, 0.05) is 30.6 Å². The van der Waals surface area contributed by atoms with Crippen molar-refractivity contribution in [2.45, 2.75) is 6.92 Å². The second kappa shape index (κ2) is 8.32. The van der Waals surface area contributed by atoms with Gasteiger partial charge in [0.25, 0.3) is 0 Å². The van der Waals surface area contributed by atoms with Crippen LogP contribution in [0.1, 0.15) is 12.5 Å². The van der Waals surface area contributed by atoms with E-state index in [2.05, 4.69) is 15.4 Å². The smallest absolute Gasteiger partial charge is 0.221 e. The Morgan fingerprint density at radius 2 is 1.90 bits per heavy atom. The molecule has 8 heteroatoms. The summed E-state index contributed by atoms with van der Waals surface area (Å²) in [7, 11) is 1.74. The zero-order valence-corrected chi connectivity index (χ0v) is 16.9. The highest BCUT2D eigenvalue weighted by atomic mass is 32.1. The Morgan fingerprint density at radius 1 is 1.14 bits per heavy atom. The van der Waals surface area contributed by atoms with Gasteiger partial charge in [0.1, 0.15) is 13.2 Å². The van der Waals surface area contributed by atoms with Crippen LogP contribution in [0.2, 0.25) is 0 Å². The van der Waals surface area contributed by atoms with Crippen LogP contribution in [0, 0.1) is 0 Å². The van der Waals surface area contributed by atoms with Gasteiger partial charge < -0.3 is 14.8 Å². The van der Waals surface area contributed by atoms with Crippen LogP contribution in [0.5, 0.6) is 11.5 Å². The van der Waals surface area contributed by atoms with E-state index >= 15 is 0 Å². The molecule has 0 bridgehead atoms. The standard InChI is InChI=1S/C21H20N4O3S/c1-14(26)24-17-6-3-15(4-7-17)12-23-25-18(13-29-21(25)22-2)16-5-8-19-20(11-16)28-10-9-27-19/h3-8,11-13H,9-10H2,1-2H3,(H,24,26)/b22-21?,23-12+. The Balaban J connectivity index is 1.65. The van der Waals surface area contributed by atoms with Crippen LogP contribution in [0.15, 0.2) is 57.9 Å². The number of ether oxygens (including phenoxy) is 2. The molecule has 0 unspecified atom stereocenters. The number of carbonyl (C=O) groups is 1. The molecule has 0 atom stereocenters. The lowest BCUT2D eigenvalue weighted by Crippen LogP contribution is -2.15. The molecule has 1 aromatic heterocycles. The molecule has 0 aliphatic carbocycles. The first-order valence-electron chi connectivity index (χ1n) is 9.09. The highest BCUT2D eigenvalue weighted by Crippen LogP contribution is 2.34. The topological polar surface area (TPSA) is 77.2 Å². The molecule has 7 nitrogen and oxygen atoms in total. The molecule has 0 fully saturated rings. The summed E-state index contributed by atoms with van der Waals surface area (Å²) < 4.78 is 13.1. The molecule has 1 aliphatic rings. The summed E-state index contributed by atoms with van der Waals surface area (Å²) in [5.41, 5.74) is 3.55. The summed E-state index contributed by atoms with van der Waals surface area (Å²) in [6.07, 6.45) is 1.76. The van der Waals surface area contributed by atoms with Gasteiger partial charge in [0.05, 0.1) is 11.9 Å². The van der Waals surface area contributed by atoms with Crippen molar-refractivity contribution in [3.8, 4) is 22.8 Å². The third kappa shape index (κ3) is 4.22. The quantitative estimate of drug-likeness (QED) is 0.673. The van der Waals surface area contributed by atoms with E-state index in [0.29, 0.717) is 13.2 Å². The molecule has 3 aromatic rings. The van der Waals surface area contributed by atoms with E-state index in [1.165, 1.54) is 18.3 Å². The monoisotopic (exact) mass is 408 g/mol. The molecule has 29 heavy (non-hydrogen) atoms. The van der Waals surface area contributed by atoms with Gasteiger partial charge in [0.15, 0.2) is 11.5 Å². The Bertz CT molecular complexity index is 1130. The molecule has 0 radical (unpaired) electrons. The van der Waals surface area contributed by atoms with Crippen molar-refractivity contribution in [2.75, 3.05) is 25.6 Å². The number of anilines is 1. The Hall–Kier alpha value is -3.39. The molecule has 4 rings (SSSR count). The second-order valence-corrected chi connectivity index (χ2v) is 7.18. The van der Waals surface area contributed by atoms with E-state index in [1.54, 1.807) is 17.9 Å². The number of nitrogens with zero attached hydrogens (tertiary/aromatic N) is 3. The number of hydrogen-bond acceptors (Lipinski definition) is 6. The van der Waals surface area contributed by atoms with Crippen molar-refractivity contribution in [1.29, 1.82) is 0 Å². The summed E-state index contributed by atoms with van der Waals surface area (Å²) in [5.74, 6) is 1.39. The number of thiazole rings is 1. The molecule has 0 spiro atoms. The van der Waals surface area contributed by atoms with Crippen LogP contribution in [0.25, 0.3) is 11.3 Å². The fourth-order valence-electron chi connectivity index (χ4n) is 2.94. The molecular formula is C21H20N4O3S. The Kier molecular flexibility index (Phi) is 5.44. The van der Waals surface area contributed by atoms with E-state index in [9.17, 15) is 4.79 Å². The van der Waals surface area contributed by atoms with Crippen LogP contribution < -0.4 is 19.6 Å². The number of benzene rings is 2. The van der Waals surface area contributed by atoms with Crippen molar-refractivity contribution in [2.24, 2.45) is 10.1 Å². The first kappa shape index (κ1) is 18.9. The van der Waals surface area contributed by atoms with E-state index in [1.807, 2.05) is 47.8 Å². The summed E-state index contributed by atoms with van der Waals surface area (Å²) in [6.45, 7) is 2.59. The number of rotatable bonds is 4. The minimum absolute atomic E-state index is 0.0986. The van der Waals surface area contributed by atoms with Crippen LogP contribution in [0.4, 0.5) is 5.69 Å². The zero-order chi connectivity index (χ0) is 20.2. The first-order chi connectivity index (χ1) is 14.1. The third-order valence-electron chi connectivity index (χ3n) is 4.27. The van der Waals surface area contributed by atoms with Gasteiger partial charge in [0.2, 0.25) is 10.7 Å². The molecular weight excluding hydrogens is 388 g/mol. The van der Waals surface area contributed by atoms with Gasteiger partial charge in [-0.15, -0.1) is 11.3 Å². The van der Waals surface area contributed by atoms with Crippen LogP contribution in [-0.4, -0.2) is 37.1 Å². The van der Waals surface area contributed by atoms with Crippen LogP contribution >= 0.6 is 11.3 Å². The zero-order valence-electron chi connectivity index (χ0n) is 16.1. The van der Waals surface area contributed by atoms with Crippen molar-refractivity contribution < 1.29 is 14.3 Å². The van der Waals surface area contributed by atoms with Crippen molar-refractivity contribution in [3.63, 3.8) is 0 Å². The van der Waals surface area contributed by atoms with Crippen molar-refractivity contribution >= 4 is 29.1 Å². The maximum Gasteiger partial charge on any atom is 0.221 e. The molecule has 2 heterocycles. The average molecular weight is 408 g/mol. The molecule has 2 aromatic carbocycles. The molecule has 148 valence electrons. The predicted molar refractivity (Wildman–Crippen MR) is 114 cm³/mol. The highest BCUT2D eigenvalue weighted by molar-refractivity contribution is 7.07. The highest BCUT2D eigenvalue weighted by Gasteiger charge is 2.15. The van der Waals surface area contributed by atoms with E-state index in [4.69, 9.17) is 9.47 Å². The maximum atomic E-state index is 11.1. The number of amides is 1. The van der Waals surface area contributed by atoms with Gasteiger partial charge in [-0.3, -0.25) is 9.79 Å². The molecule has 1 N–H and O–H groups in total. The van der Waals surface area contributed by atoms with Crippen molar-refractivity contribution in [3.05, 3.63) is 58.2 Å². The van der Waals surface area contributed by atoms with E-state index in [-0.39, 0.29) is 5.91 Å². The molecule has 0 saturated carbocycles. The van der Waals surface area contributed by atoms with Gasteiger partial charge >= 0.3 is 0 Å². The Labute approximate surface area is 171 Å². The number of hydrogen-bond donors (Lipinski definition) is 1. The van der Waals surface area contributed by atoms with Crippen LogP contribution in [0.3, 0.4) is 0 Å². The molecule has 1 aliphatic heterocycles. The summed E-state index contributed by atoms with van der Waals surface area (Å²) in [4.78, 5) is 16.3.